The lowest BCUT2D eigenvalue weighted by atomic mass is 10.1. The van der Waals surface area contributed by atoms with Crippen LogP contribution in [0.5, 0.6) is 0 Å². The Labute approximate surface area is 319 Å². The van der Waals surface area contributed by atoms with Gasteiger partial charge in [-0.05, 0) is 32.6 Å². The van der Waals surface area contributed by atoms with Gasteiger partial charge in [-0.25, -0.2) is 4.79 Å². The first-order valence-electron chi connectivity index (χ1n) is 16.9. The Morgan fingerprint density at radius 3 is 1.67 bits per heavy atom. The first-order chi connectivity index (χ1) is 25.7. The van der Waals surface area contributed by atoms with Crippen molar-refractivity contribution < 1.29 is 63.0 Å². The average molecular weight is 804 g/mol. The summed E-state index contributed by atoms with van der Waals surface area (Å²) in [6.07, 6.45) is -2.11. The molecule has 16 N–H and O–H groups in total. The highest BCUT2D eigenvalue weighted by atomic mass is 32.1. The fourth-order valence-electron chi connectivity index (χ4n) is 5.14. The molecule has 1 saturated heterocycles. The van der Waals surface area contributed by atoms with Crippen LogP contribution in [0, 0.1) is 0 Å². The zero-order chi connectivity index (χ0) is 42.0. The quantitative estimate of drug-likeness (QED) is 0.0403. The minimum atomic E-state index is -1.72. The number of amides is 10. The number of hydrogen-bond donors (Lipinski definition) is 13. The van der Waals surface area contributed by atoms with Gasteiger partial charge in [0.15, 0.2) is 0 Å². The summed E-state index contributed by atoms with van der Waals surface area (Å²) in [4.78, 5) is 138. The van der Waals surface area contributed by atoms with Gasteiger partial charge < -0.3 is 69.9 Å². The second-order valence-corrected chi connectivity index (χ2v) is 12.7. The number of aliphatic hydroxyl groups excluding tert-OH is 1. The van der Waals surface area contributed by atoms with Gasteiger partial charge in [0.1, 0.15) is 42.3 Å². The minimum Gasteiger partial charge on any atom is -0.480 e. The van der Waals surface area contributed by atoms with Crippen LogP contribution in [0.25, 0.3) is 0 Å². The number of thiol groups is 1. The molecule has 1 heterocycles. The molecule has 25 heteroatoms. The molecule has 0 aromatic heterocycles. The molecule has 0 aliphatic carbocycles. The van der Waals surface area contributed by atoms with E-state index < -0.39 is 140 Å². The molecule has 0 spiro atoms. The highest BCUT2D eigenvalue weighted by molar-refractivity contribution is 7.80. The topological polar surface area (TPSA) is 408 Å². The van der Waals surface area contributed by atoms with E-state index in [4.69, 9.17) is 22.9 Å². The van der Waals surface area contributed by atoms with Crippen molar-refractivity contribution in [2.45, 2.75) is 94.2 Å². The molecule has 0 saturated carbocycles. The summed E-state index contributed by atoms with van der Waals surface area (Å²) in [5.41, 5.74) is 20.9. The predicted octanol–water partition coefficient (Wildman–Crippen LogP) is -7.72. The number of carbonyl (C=O) groups is 11. The average Bonchev–Trinajstić information content (AvgIpc) is 3.61. The van der Waals surface area contributed by atoms with Gasteiger partial charge in [0.2, 0.25) is 59.1 Å². The lowest BCUT2D eigenvalue weighted by Gasteiger charge is -2.30. The fraction of sp³-hybridized carbons (Fsp3) is 0.633. The van der Waals surface area contributed by atoms with Crippen molar-refractivity contribution in [1.82, 2.24) is 36.8 Å². The molecule has 1 aliphatic rings. The number of primary amides is 3. The van der Waals surface area contributed by atoms with Gasteiger partial charge in [-0.2, -0.15) is 12.6 Å². The van der Waals surface area contributed by atoms with Gasteiger partial charge in [-0.1, -0.05) is 0 Å². The van der Waals surface area contributed by atoms with Crippen LogP contribution in [-0.4, -0.2) is 148 Å². The Morgan fingerprint density at radius 1 is 0.709 bits per heavy atom. The number of carbonyl (C=O) groups excluding carboxylic acids is 10. The van der Waals surface area contributed by atoms with E-state index in [1.807, 2.05) is 0 Å². The first-order valence-corrected chi connectivity index (χ1v) is 17.5. The van der Waals surface area contributed by atoms with Crippen molar-refractivity contribution in [3.05, 3.63) is 0 Å². The summed E-state index contributed by atoms with van der Waals surface area (Å²) in [5.74, 6) is -11.3. The normalized spacial score (nSPS) is 16.8. The largest absolute Gasteiger partial charge is 0.480 e. The summed E-state index contributed by atoms with van der Waals surface area (Å²) < 4.78 is 0. The van der Waals surface area contributed by atoms with Gasteiger partial charge in [-0.15, -0.1) is 0 Å². The summed E-state index contributed by atoms with van der Waals surface area (Å²) in [6, 6.07) is -10.4. The molecule has 55 heavy (non-hydrogen) atoms. The first kappa shape index (κ1) is 47.5. The highest BCUT2D eigenvalue weighted by Crippen LogP contribution is 2.19. The maximum absolute atomic E-state index is 13.6. The van der Waals surface area contributed by atoms with Crippen LogP contribution < -0.4 is 54.8 Å². The van der Waals surface area contributed by atoms with Crippen molar-refractivity contribution in [3.63, 3.8) is 0 Å². The Morgan fingerprint density at radius 2 is 1.20 bits per heavy atom. The van der Waals surface area contributed by atoms with E-state index >= 15 is 0 Å². The molecule has 1 fully saturated rings. The molecule has 1 aliphatic heterocycles. The molecule has 308 valence electrons. The van der Waals surface area contributed by atoms with Crippen LogP contribution in [0.3, 0.4) is 0 Å². The molecule has 0 bridgehead atoms. The molecular weight excluding hydrogens is 754 g/mol. The van der Waals surface area contributed by atoms with Crippen molar-refractivity contribution in [1.29, 1.82) is 0 Å². The van der Waals surface area contributed by atoms with E-state index in [0.717, 1.165) is 4.90 Å². The SMILES string of the molecule is C[C@H](NC(=O)CN)C(=O)N[C@@H](CCC(N)=O)C(=O)N[C@@H](CO)C(=O)N1CCC[C@H]1C(=O)N[C@@H](CCC(N)=O)C(=O)N[C@@H](CC(N)=O)C(=O)N[C@@H](CS)C(=O)O. The number of carboxylic acid groups (broad SMARTS) is 1. The Kier molecular flexibility index (Phi) is 20.1. The molecule has 7 atom stereocenters. The summed E-state index contributed by atoms with van der Waals surface area (Å²) >= 11 is 3.83. The van der Waals surface area contributed by atoms with E-state index in [0.29, 0.717) is 0 Å². The second-order valence-electron chi connectivity index (χ2n) is 12.4. The number of hydrogen-bond acceptors (Lipinski definition) is 14. The third-order valence-electron chi connectivity index (χ3n) is 8.05. The number of aliphatic hydroxyl groups is 1. The van der Waals surface area contributed by atoms with Crippen LogP contribution in [0.1, 0.15) is 51.9 Å². The molecule has 10 amide bonds. The maximum atomic E-state index is 13.6. The van der Waals surface area contributed by atoms with Crippen LogP contribution >= 0.6 is 12.6 Å². The predicted molar refractivity (Wildman–Crippen MR) is 190 cm³/mol. The van der Waals surface area contributed by atoms with Gasteiger partial charge >= 0.3 is 5.97 Å². The second kappa shape index (κ2) is 23.3. The third kappa shape index (κ3) is 16.1. The standard InChI is InChI=1S/C30H49N11O13S/c1-13(35-23(46)10-31)24(47)36-14(4-6-20(32)43)26(49)39-17(11-42)29(52)41-8-2-3-19(41)28(51)37-15(5-7-21(33)44)25(48)38-16(9-22(34)45)27(50)40-18(12-55)30(53)54/h13-19,42,55H,2-12,31H2,1H3,(H2,32,43)(H2,33,44)(H2,34,45)(H,35,46)(H,36,47)(H,37,51)(H,38,48)(H,39,49)(H,40,50)(H,53,54)/t13-,14-,15-,16-,17-,18-,19-/m0/s1. The summed E-state index contributed by atoms with van der Waals surface area (Å²) in [7, 11) is 0. The van der Waals surface area contributed by atoms with Crippen molar-refractivity contribution >= 4 is 77.7 Å². The van der Waals surface area contributed by atoms with E-state index in [1.165, 1.54) is 6.92 Å². The number of aliphatic carboxylic acids is 1. The number of carboxylic acids is 1. The lowest BCUT2D eigenvalue weighted by Crippen LogP contribution is -2.60. The molecular formula is C30H49N11O13S. The van der Waals surface area contributed by atoms with E-state index in [1.54, 1.807) is 0 Å². The highest BCUT2D eigenvalue weighted by Gasteiger charge is 2.40. The van der Waals surface area contributed by atoms with E-state index in [-0.39, 0.29) is 38.0 Å². The van der Waals surface area contributed by atoms with Crippen LogP contribution in [0.2, 0.25) is 0 Å². The van der Waals surface area contributed by atoms with Crippen LogP contribution in [0.15, 0.2) is 0 Å². The Bertz CT molecular complexity index is 1480. The maximum Gasteiger partial charge on any atom is 0.327 e. The molecule has 0 unspecified atom stereocenters. The lowest BCUT2D eigenvalue weighted by molar-refractivity contribution is -0.143. The van der Waals surface area contributed by atoms with Gasteiger partial charge in [0.25, 0.3) is 0 Å². The molecule has 1 rings (SSSR count). The minimum absolute atomic E-state index is 0.0323. The van der Waals surface area contributed by atoms with E-state index in [2.05, 4.69) is 44.5 Å². The molecule has 0 aromatic carbocycles. The van der Waals surface area contributed by atoms with E-state index in [9.17, 15) is 63.0 Å². The van der Waals surface area contributed by atoms with Crippen molar-refractivity contribution in [2.24, 2.45) is 22.9 Å². The fourth-order valence-corrected chi connectivity index (χ4v) is 5.39. The summed E-state index contributed by atoms with van der Waals surface area (Å²) in [6.45, 7) is -0.176. The Balaban J connectivity index is 3.21. The Hall–Kier alpha value is -5.56. The van der Waals surface area contributed by atoms with Crippen molar-refractivity contribution in [3.8, 4) is 0 Å². The number of likely N-dealkylation sites (tertiary alicyclic amines) is 1. The van der Waals surface area contributed by atoms with Crippen LogP contribution in [0.4, 0.5) is 0 Å². The van der Waals surface area contributed by atoms with Gasteiger partial charge in [-0.3, -0.25) is 47.9 Å². The molecule has 0 aromatic rings. The number of nitrogens with one attached hydrogen (secondary N) is 6. The number of nitrogens with zero attached hydrogens (tertiary/aromatic N) is 1. The van der Waals surface area contributed by atoms with Crippen LogP contribution in [-0.2, 0) is 52.7 Å². The summed E-state index contributed by atoms with van der Waals surface area (Å²) in [5, 5.41) is 32.9. The number of nitrogens with two attached hydrogens (primary N) is 4. The number of rotatable bonds is 24. The van der Waals surface area contributed by atoms with Gasteiger partial charge in [0.05, 0.1) is 19.6 Å². The smallest absolute Gasteiger partial charge is 0.327 e. The molecule has 24 nitrogen and oxygen atoms in total. The molecule has 0 radical (unpaired) electrons. The van der Waals surface area contributed by atoms with Crippen molar-refractivity contribution in [2.75, 3.05) is 25.4 Å². The van der Waals surface area contributed by atoms with Gasteiger partial charge in [0, 0.05) is 25.1 Å². The zero-order valence-electron chi connectivity index (χ0n) is 29.9. The monoisotopic (exact) mass is 803 g/mol. The zero-order valence-corrected chi connectivity index (χ0v) is 30.8. The third-order valence-corrected chi connectivity index (χ3v) is 8.42.